The Balaban J connectivity index is 1.72. The highest BCUT2D eigenvalue weighted by molar-refractivity contribution is 7.80. The molecule has 0 saturated heterocycles. The Labute approximate surface area is 131 Å². The Morgan fingerprint density at radius 2 is 1.62 bits per heavy atom. The summed E-state index contributed by atoms with van der Waals surface area (Å²) >= 11 is 5.47. The third-order valence-electron chi connectivity index (χ3n) is 3.87. The molecular formula is C18H20N2S. The SMILES string of the molecule is CCc1ccccc1NC(=S)Nc1ccccc1C1CC1. The molecule has 0 unspecified atom stereocenters. The number of benzene rings is 2. The van der Waals surface area contributed by atoms with Crippen LogP contribution >= 0.6 is 12.2 Å². The summed E-state index contributed by atoms with van der Waals surface area (Å²) in [5.41, 5.74) is 4.87. The van der Waals surface area contributed by atoms with Crippen LogP contribution in [0.4, 0.5) is 11.4 Å². The number of nitrogens with one attached hydrogen (secondary N) is 2. The Kier molecular flexibility index (Phi) is 4.20. The summed E-state index contributed by atoms with van der Waals surface area (Å²) in [4.78, 5) is 0. The Bertz CT molecular complexity index is 647. The van der Waals surface area contributed by atoms with Gasteiger partial charge in [0.2, 0.25) is 0 Å². The molecule has 1 aliphatic rings. The van der Waals surface area contributed by atoms with E-state index in [4.69, 9.17) is 12.2 Å². The predicted molar refractivity (Wildman–Crippen MR) is 94.1 cm³/mol. The molecule has 0 spiro atoms. The van der Waals surface area contributed by atoms with Crippen molar-refractivity contribution in [2.75, 3.05) is 10.6 Å². The van der Waals surface area contributed by atoms with Gasteiger partial charge in [-0.2, -0.15) is 0 Å². The molecule has 0 atom stereocenters. The zero-order valence-electron chi connectivity index (χ0n) is 12.2. The van der Waals surface area contributed by atoms with Crippen LogP contribution in [0.1, 0.15) is 36.8 Å². The van der Waals surface area contributed by atoms with Crippen LogP contribution in [0.25, 0.3) is 0 Å². The van der Waals surface area contributed by atoms with E-state index in [0.717, 1.165) is 17.8 Å². The number of rotatable bonds is 4. The second-order valence-corrected chi connectivity index (χ2v) is 5.86. The van der Waals surface area contributed by atoms with Crippen molar-refractivity contribution in [1.82, 2.24) is 0 Å². The summed E-state index contributed by atoms with van der Waals surface area (Å²) < 4.78 is 0. The lowest BCUT2D eigenvalue weighted by molar-refractivity contribution is 1.13. The minimum absolute atomic E-state index is 0.656. The molecule has 108 valence electrons. The predicted octanol–water partition coefficient (Wildman–Crippen LogP) is 4.94. The molecule has 2 nitrogen and oxygen atoms in total. The van der Waals surface area contributed by atoms with Gasteiger partial charge in [-0.3, -0.25) is 0 Å². The first kappa shape index (κ1) is 14.1. The molecule has 1 aliphatic carbocycles. The van der Waals surface area contributed by atoms with Gasteiger partial charge < -0.3 is 10.6 Å². The normalized spacial score (nSPS) is 13.8. The fraction of sp³-hybridized carbons (Fsp3) is 0.278. The first-order chi connectivity index (χ1) is 10.3. The average Bonchev–Trinajstić information content (AvgIpc) is 3.33. The second kappa shape index (κ2) is 6.27. The molecule has 1 fully saturated rings. The molecule has 0 bridgehead atoms. The topological polar surface area (TPSA) is 24.1 Å². The number of aryl methyl sites for hydroxylation is 1. The monoisotopic (exact) mass is 296 g/mol. The van der Waals surface area contributed by atoms with Crippen LogP contribution in [0.3, 0.4) is 0 Å². The van der Waals surface area contributed by atoms with Crippen LogP contribution in [0.5, 0.6) is 0 Å². The highest BCUT2D eigenvalue weighted by Gasteiger charge is 2.25. The summed E-state index contributed by atoms with van der Waals surface area (Å²) in [6, 6.07) is 16.7. The van der Waals surface area contributed by atoms with Gasteiger partial charge in [-0.05, 0) is 60.7 Å². The van der Waals surface area contributed by atoms with E-state index in [1.807, 2.05) is 6.07 Å². The van der Waals surface area contributed by atoms with Crippen LogP contribution in [0.15, 0.2) is 48.5 Å². The maximum Gasteiger partial charge on any atom is 0.175 e. The van der Waals surface area contributed by atoms with Gasteiger partial charge in [0.1, 0.15) is 0 Å². The zero-order valence-corrected chi connectivity index (χ0v) is 13.0. The molecule has 0 amide bonds. The summed E-state index contributed by atoms with van der Waals surface area (Å²) in [6.45, 7) is 2.15. The summed E-state index contributed by atoms with van der Waals surface area (Å²) in [5.74, 6) is 0.708. The van der Waals surface area contributed by atoms with Gasteiger partial charge in [-0.1, -0.05) is 43.3 Å². The van der Waals surface area contributed by atoms with E-state index < -0.39 is 0 Å². The average molecular weight is 296 g/mol. The van der Waals surface area contributed by atoms with Crippen molar-refractivity contribution in [3.8, 4) is 0 Å². The lowest BCUT2D eigenvalue weighted by Gasteiger charge is -2.15. The van der Waals surface area contributed by atoms with Crippen LogP contribution in [0, 0.1) is 0 Å². The minimum Gasteiger partial charge on any atom is -0.332 e. The molecule has 3 rings (SSSR count). The van der Waals surface area contributed by atoms with Crippen LogP contribution in [-0.2, 0) is 6.42 Å². The molecule has 2 aromatic rings. The highest BCUT2D eigenvalue weighted by Crippen LogP contribution is 2.43. The Morgan fingerprint density at radius 3 is 2.33 bits per heavy atom. The van der Waals surface area contributed by atoms with Crippen molar-refractivity contribution in [3.05, 3.63) is 59.7 Å². The maximum atomic E-state index is 5.47. The molecule has 0 aliphatic heterocycles. The van der Waals surface area contributed by atoms with Gasteiger partial charge in [0.15, 0.2) is 5.11 Å². The Hall–Kier alpha value is -1.87. The number of thiocarbonyl (C=S) groups is 1. The van der Waals surface area contributed by atoms with Gasteiger partial charge >= 0.3 is 0 Å². The summed E-state index contributed by atoms with van der Waals surface area (Å²) in [6.07, 6.45) is 3.57. The molecular weight excluding hydrogens is 276 g/mol. The lowest BCUT2D eigenvalue weighted by Crippen LogP contribution is -2.20. The molecule has 0 heterocycles. The maximum absolute atomic E-state index is 5.47. The third-order valence-corrected chi connectivity index (χ3v) is 4.08. The van der Waals surface area contributed by atoms with E-state index in [1.165, 1.54) is 24.0 Å². The molecule has 0 radical (unpaired) electrons. The van der Waals surface area contributed by atoms with E-state index >= 15 is 0 Å². The van der Waals surface area contributed by atoms with Crippen LogP contribution in [0.2, 0.25) is 0 Å². The quantitative estimate of drug-likeness (QED) is 0.782. The van der Waals surface area contributed by atoms with E-state index in [9.17, 15) is 0 Å². The number of para-hydroxylation sites is 2. The first-order valence-corrected chi connectivity index (χ1v) is 7.93. The molecule has 2 N–H and O–H groups in total. The first-order valence-electron chi connectivity index (χ1n) is 7.52. The third kappa shape index (κ3) is 3.42. The standard InChI is InChI=1S/C18H20N2S/c1-2-13-7-3-5-9-16(13)19-18(21)20-17-10-6-4-8-15(17)14-11-12-14/h3-10,14H,2,11-12H2,1H3,(H2,19,20,21). The van der Waals surface area contributed by atoms with Gasteiger partial charge in [-0.25, -0.2) is 0 Å². The molecule has 21 heavy (non-hydrogen) atoms. The minimum atomic E-state index is 0.656. The van der Waals surface area contributed by atoms with Crippen molar-refractivity contribution in [3.63, 3.8) is 0 Å². The molecule has 2 aromatic carbocycles. The fourth-order valence-electron chi connectivity index (χ4n) is 2.59. The van der Waals surface area contributed by atoms with Crippen molar-refractivity contribution in [1.29, 1.82) is 0 Å². The summed E-state index contributed by atoms with van der Waals surface area (Å²) in [5, 5.41) is 7.33. The van der Waals surface area contributed by atoms with Gasteiger partial charge in [-0.15, -0.1) is 0 Å². The van der Waals surface area contributed by atoms with E-state index in [1.54, 1.807) is 0 Å². The van der Waals surface area contributed by atoms with Crippen molar-refractivity contribution < 1.29 is 0 Å². The van der Waals surface area contributed by atoms with Crippen molar-refractivity contribution in [2.45, 2.75) is 32.1 Å². The number of anilines is 2. The number of hydrogen-bond donors (Lipinski definition) is 2. The fourth-order valence-corrected chi connectivity index (χ4v) is 2.81. The van der Waals surface area contributed by atoms with Gasteiger partial charge in [0.25, 0.3) is 0 Å². The van der Waals surface area contributed by atoms with E-state index in [2.05, 4.69) is 60.0 Å². The Morgan fingerprint density at radius 1 is 1.00 bits per heavy atom. The zero-order chi connectivity index (χ0) is 14.7. The largest absolute Gasteiger partial charge is 0.332 e. The second-order valence-electron chi connectivity index (χ2n) is 5.45. The van der Waals surface area contributed by atoms with Crippen LogP contribution < -0.4 is 10.6 Å². The van der Waals surface area contributed by atoms with Crippen molar-refractivity contribution >= 4 is 28.7 Å². The van der Waals surface area contributed by atoms with Crippen LogP contribution in [-0.4, -0.2) is 5.11 Å². The van der Waals surface area contributed by atoms with E-state index in [0.29, 0.717) is 11.0 Å². The molecule has 0 aromatic heterocycles. The number of hydrogen-bond acceptors (Lipinski definition) is 1. The summed E-state index contributed by atoms with van der Waals surface area (Å²) in [7, 11) is 0. The van der Waals surface area contributed by atoms with Gasteiger partial charge in [0.05, 0.1) is 0 Å². The lowest BCUT2D eigenvalue weighted by atomic mass is 10.1. The molecule has 1 saturated carbocycles. The van der Waals surface area contributed by atoms with Crippen molar-refractivity contribution in [2.24, 2.45) is 0 Å². The molecule has 3 heteroatoms. The van der Waals surface area contributed by atoms with E-state index in [-0.39, 0.29) is 0 Å². The smallest absolute Gasteiger partial charge is 0.175 e. The highest BCUT2D eigenvalue weighted by atomic mass is 32.1. The van der Waals surface area contributed by atoms with Gasteiger partial charge in [0, 0.05) is 11.4 Å².